The van der Waals surface area contributed by atoms with Crippen LogP contribution in [0.5, 0.6) is 0 Å². The van der Waals surface area contributed by atoms with E-state index in [0.29, 0.717) is 62.0 Å². The second kappa shape index (κ2) is 9.88. The number of imidazole rings is 1. The van der Waals surface area contributed by atoms with E-state index in [1.807, 2.05) is 0 Å². The van der Waals surface area contributed by atoms with Crippen LogP contribution in [0, 0.1) is 23.4 Å². The molecule has 1 aromatic carbocycles. The van der Waals surface area contributed by atoms with Crippen molar-refractivity contribution in [1.29, 1.82) is 0 Å². The Morgan fingerprint density at radius 3 is 2.47 bits per heavy atom. The number of fused-ring (bicyclic) bond motifs is 1. The van der Waals surface area contributed by atoms with Crippen LogP contribution in [0.2, 0.25) is 0 Å². The molecule has 192 valence electrons. The van der Waals surface area contributed by atoms with E-state index in [-0.39, 0.29) is 36.4 Å². The van der Waals surface area contributed by atoms with Crippen molar-refractivity contribution in [2.75, 3.05) is 23.8 Å². The van der Waals surface area contributed by atoms with Gasteiger partial charge in [0.25, 0.3) is 0 Å². The number of anilines is 3. The van der Waals surface area contributed by atoms with Gasteiger partial charge in [0.15, 0.2) is 17.3 Å². The third-order valence-electron chi connectivity index (χ3n) is 6.74. The van der Waals surface area contributed by atoms with Crippen LogP contribution in [0.4, 0.5) is 35.1 Å². The number of halogens is 4. The average Bonchev–Trinajstić information content (AvgIpc) is 3.20. The van der Waals surface area contributed by atoms with Gasteiger partial charge in [-0.1, -0.05) is 0 Å². The molecule has 1 aliphatic carbocycles. The fraction of sp³-hybridized carbons (Fsp3) is 0.478. The number of carbonyl (C=O) groups excluding carboxylic acids is 1. The molecule has 2 aliphatic rings. The maximum absolute atomic E-state index is 14.4. The van der Waals surface area contributed by atoms with Crippen molar-refractivity contribution < 1.29 is 27.1 Å². The van der Waals surface area contributed by atoms with Gasteiger partial charge in [-0.2, -0.15) is 4.98 Å². The Morgan fingerprint density at radius 2 is 1.81 bits per heavy atom. The zero-order valence-corrected chi connectivity index (χ0v) is 19.2. The smallest absolute Gasteiger partial charge is 0.225 e. The minimum atomic E-state index is -1.23. The normalized spacial score (nSPS) is 24.6. The topological polar surface area (TPSA) is 120 Å². The van der Waals surface area contributed by atoms with Gasteiger partial charge < -0.3 is 21.1 Å². The Labute approximate surface area is 203 Å². The molecule has 1 aliphatic heterocycles. The highest BCUT2D eigenvalue weighted by molar-refractivity contribution is 5.78. The molecule has 9 nitrogen and oxygen atoms in total. The van der Waals surface area contributed by atoms with Crippen molar-refractivity contribution in [3.63, 3.8) is 0 Å². The van der Waals surface area contributed by atoms with Gasteiger partial charge in [-0.3, -0.25) is 9.36 Å². The predicted molar refractivity (Wildman–Crippen MR) is 123 cm³/mol. The number of nitrogens with two attached hydrogens (primary N) is 1. The molecule has 1 amide bonds. The minimum Gasteiger partial charge on any atom is -0.378 e. The summed E-state index contributed by atoms with van der Waals surface area (Å²) in [5, 5.41) is 5.64. The standard InChI is InChI=1S/C23H25F4N7O2/c24-12-7-14(25)19(15(26)8-12)32-23-31-18-9-29-22(30-17-5-6-36-10-16(17)27)33-21(18)34(23)13-3-1-11(2-4-13)20(28)35/h7-9,11,13,16-17H,1-6,10H2,(H2,28,35)(H,31,32)(H,29,30,33)/t11-,13-,16-,17+/m0/s1. The van der Waals surface area contributed by atoms with Crippen molar-refractivity contribution in [3.05, 3.63) is 35.8 Å². The number of rotatable bonds is 6. The number of amides is 1. The fourth-order valence-corrected chi connectivity index (χ4v) is 4.82. The summed E-state index contributed by atoms with van der Waals surface area (Å²) < 4.78 is 63.3. The number of nitrogens with one attached hydrogen (secondary N) is 2. The highest BCUT2D eigenvalue weighted by Gasteiger charge is 2.30. The Hall–Kier alpha value is -3.48. The molecule has 2 atom stereocenters. The van der Waals surface area contributed by atoms with Crippen LogP contribution in [0.1, 0.15) is 38.1 Å². The highest BCUT2D eigenvalue weighted by Crippen LogP contribution is 2.37. The molecule has 0 bridgehead atoms. The predicted octanol–water partition coefficient (Wildman–Crippen LogP) is 3.74. The second-order valence-corrected chi connectivity index (χ2v) is 9.12. The van der Waals surface area contributed by atoms with Crippen molar-refractivity contribution in [2.45, 2.75) is 50.4 Å². The van der Waals surface area contributed by atoms with Gasteiger partial charge in [0.05, 0.1) is 18.8 Å². The first kappa shape index (κ1) is 24.2. The summed E-state index contributed by atoms with van der Waals surface area (Å²) in [5.74, 6) is -3.66. The van der Waals surface area contributed by atoms with Crippen molar-refractivity contribution in [2.24, 2.45) is 11.7 Å². The number of hydrogen-bond acceptors (Lipinski definition) is 7. The van der Waals surface area contributed by atoms with Gasteiger partial charge in [-0.05, 0) is 32.1 Å². The first-order valence-corrected chi connectivity index (χ1v) is 11.7. The number of ether oxygens (including phenoxy) is 1. The molecule has 0 spiro atoms. The van der Waals surface area contributed by atoms with Crippen LogP contribution in [-0.2, 0) is 9.53 Å². The molecule has 3 aromatic rings. The summed E-state index contributed by atoms with van der Waals surface area (Å²) >= 11 is 0. The van der Waals surface area contributed by atoms with Gasteiger partial charge >= 0.3 is 0 Å². The number of alkyl halides is 1. The molecule has 4 N–H and O–H groups in total. The Kier molecular flexibility index (Phi) is 6.65. The second-order valence-electron chi connectivity index (χ2n) is 9.12. The van der Waals surface area contributed by atoms with E-state index in [9.17, 15) is 22.4 Å². The molecule has 2 aromatic heterocycles. The van der Waals surface area contributed by atoms with E-state index in [1.165, 1.54) is 6.20 Å². The maximum Gasteiger partial charge on any atom is 0.225 e. The fourth-order valence-electron chi connectivity index (χ4n) is 4.82. The molecule has 13 heteroatoms. The van der Waals surface area contributed by atoms with E-state index >= 15 is 0 Å². The summed E-state index contributed by atoms with van der Waals surface area (Å²) in [5.41, 5.74) is 5.61. The van der Waals surface area contributed by atoms with Crippen LogP contribution in [-0.4, -0.2) is 50.9 Å². The summed E-state index contributed by atoms with van der Waals surface area (Å²) in [6.07, 6.45) is 2.79. The number of benzene rings is 1. The van der Waals surface area contributed by atoms with Crippen LogP contribution >= 0.6 is 0 Å². The number of primary amides is 1. The Balaban J connectivity index is 1.53. The van der Waals surface area contributed by atoms with Crippen molar-refractivity contribution in [3.8, 4) is 0 Å². The average molecular weight is 507 g/mol. The van der Waals surface area contributed by atoms with E-state index < -0.39 is 35.4 Å². The minimum absolute atomic E-state index is 0.0240. The lowest BCUT2D eigenvalue weighted by Crippen LogP contribution is -2.39. The molecule has 2 fully saturated rings. The van der Waals surface area contributed by atoms with E-state index in [2.05, 4.69) is 25.6 Å². The van der Waals surface area contributed by atoms with Crippen LogP contribution in [0.25, 0.3) is 11.2 Å². The molecule has 3 heterocycles. The van der Waals surface area contributed by atoms with Gasteiger partial charge in [-0.25, -0.2) is 27.5 Å². The monoisotopic (exact) mass is 507 g/mol. The third kappa shape index (κ3) is 4.79. The van der Waals surface area contributed by atoms with Gasteiger partial charge in [0.2, 0.25) is 17.8 Å². The third-order valence-corrected chi connectivity index (χ3v) is 6.74. The molecule has 1 saturated carbocycles. The van der Waals surface area contributed by atoms with E-state index in [4.69, 9.17) is 10.5 Å². The van der Waals surface area contributed by atoms with Crippen LogP contribution in [0.3, 0.4) is 0 Å². The number of carbonyl (C=O) groups is 1. The van der Waals surface area contributed by atoms with E-state index in [0.717, 1.165) is 0 Å². The first-order chi connectivity index (χ1) is 17.3. The first-order valence-electron chi connectivity index (χ1n) is 11.7. The summed E-state index contributed by atoms with van der Waals surface area (Å²) in [6, 6.07) is 0.386. The zero-order chi connectivity index (χ0) is 25.4. The van der Waals surface area contributed by atoms with Crippen LogP contribution < -0.4 is 16.4 Å². The van der Waals surface area contributed by atoms with Gasteiger partial charge in [-0.15, -0.1) is 0 Å². The molecule has 36 heavy (non-hydrogen) atoms. The summed E-state index contributed by atoms with van der Waals surface area (Å²) in [7, 11) is 0. The Morgan fingerprint density at radius 1 is 1.08 bits per heavy atom. The lowest BCUT2D eigenvalue weighted by atomic mass is 9.85. The van der Waals surface area contributed by atoms with Crippen molar-refractivity contribution >= 4 is 34.7 Å². The lowest BCUT2D eigenvalue weighted by Gasteiger charge is -2.29. The number of aromatic nitrogens is 4. The largest absolute Gasteiger partial charge is 0.378 e. The molecule has 0 unspecified atom stereocenters. The molecule has 1 saturated heterocycles. The highest BCUT2D eigenvalue weighted by atomic mass is 19.1. The quantitative estimate of drug-likeness (QED) is 0.435. The summed E-state index contributed by atoms with van der Waals surface area (Å²) in [6.45, 7) is 0.383. The lowest BCUT2D eigenvalue weighted by molar-refractivity contribution is -0.122. The zero-order valence-electron chi connectivity index (χ0n) is 19.2. The SMILES string of the molecule is NC(=O)[C@H]1CC[C@H](n2c(Nc3c(F)cc(F)cc3F)nc3cnc(N[C@@H]4CCOC[C@@H]4F)nc32)CC1. The molecule has 0 radical (unpaired) electrons. The van der Waals surface area contributed by atoms with Gasteiger partial charge in [0.1, 0.15) is 23.2 Å². The van der Waals surface area contributed by atoms with E-state index in [1.54, 1.807) is 4.57 Å². The van der Waals surface area contributed by atoms with Crippen LogP contribution in [0.15, 0.2) is 18.3 Å². The maximum atomic E-state index is 14.4. The summed E-state index contributed by atoms with van der Waals surface area (Å²) in [4.78, 5) is 24.8. The van der Waals surface area contributed by atoms with Gasteiger partial charge in [0, 0.05) is 30.7 Å². The Bertz CT molecular complexity index is 1260. The molecular formula is C23H25F4N7O2. The number of hydrogen-bond donors (Lipinski definition) is 3. The molecular weight excluding hydrogens is 482 g/mol. The van der Waals surface area contributed by atoms with Crippen molar-refractivity contribution in [1.82, 2.24) is 19.5 Å². The number of nitrogens with zero attached hydrogens (tertiary/aromatic N) is 4. The molecule has 5 rings (SSSR count).